The molecule has 1 aliphatic rings. The molecule has 0 unspecified atom stereocenters. The summed E-state index contributed by atoms with van der Waals surface area (Å²) in [7, 11) is 0. The van der Waals surface area contributed by atoms with Gasteiger partial charge in [0.25, 0.3) is 0 Å². The van der Waals surface area contributed by atoms with E-state index in [1.807, 2.05) is 0 Å². The average molecular weight is 392 g/mol. The van der Waals surface area contributed by atoms with Gasteiger partial charge in [0, 0.05) is 5.69 Å². The monoisotopic (exact) mass is 390 g/mol. The van der Waals surface area contributed by atoms with Gasteiger partial charge in [-0.3, -0.25) is 10.3 Å². The first-order valence-corrected chi connectivity index (χ1v) is 7.72. The number of nitrogens with zero attached hydrogens (tertiary/aromatic N) is 1. The number of carbonyl (C=O) groups excluding carboxylic acids is 1. The Morgan fingerprint density at radius 2 is 1.96 bits per heavy atom. The van der Waals surface area contributed by atoms with Crippen LogP contribution in [0, 0.1) is 6.92 Å². The van der Waals surface area contributed by atoms with Gasteiger partial charge in [0.05, 0.1) is 11.4 Å². The van der Waals surface area contributed by atoms with Gasteiger partial charge in [-0.05, 0) is 31.7 Å². The molecule has 0 radical (unpaired) electrons. The Bertz CT molecular complexity index is 630. The second-order valence-electron chi connectivity index (χ2n) is 5.04. The topological polar surface area (TPSA) is 51.2 Å². The largest absolute Gasteiger partial charge is 0.445 e. The van der Waals surface area contributed by atoms with Crippen LogP contribution in [0.4, 0.5) is 23.7 Å². The predicted octanol–water partition coefficient (Wildman–Crippen LogP) is 4.82. The standard InChI is InChI=1S/C13H12Cl3F3N2O2/c1-6-9(13(17,18)19)10(7-3-2-4-8(7)20-6)21-11(22)23-5-12(14,15)16/h2-5H2,1H3,(H,20,21,22). The Balaban J connectivity index is 2.35. The van der Waals surface area contributed by atoms with Gasteiger partial charge in [0.1, 0.15) is 12.2 Å². The predicted molar refractivity (Wildman–Crippen MR) is 81.3 cm³/mol. The summed E-state index contributed by atoms with van der Waals surface area (Å²) in [6.07, 6.45) is -4.16. The Morgan fingerprint density at radius 1 is 1.30 bits per heavy atom. The Labute approximate surface area is 145 Å². The lowest BCUT2D eigenvalue weighted by molar-refractivity contribution is -0.137. The van der Waals surface area contributed by atoms with E-state index in [-0.39, 0.29) is 11.4 Å². The van der Waals surface area contributed by atoms with Crippen LogP contribution in [0.25, 0.3) is 0 Å². The smallest absolute Gasteiger partial charge is 0.420 e. The van der Waals surface area contributed by atoms with E-state index in [1.54, 1.807) is 0 Å². The molecule has 0 atom stereocenters. The van der Waals surface area contributed by atoms with Crippen molar-refractivity contribution in [2.75, 3.05) is 11.9 Å². The molecule has 0 fully saturated rings. The Kier molecular flexibility index (Phi) is 5.23. The molecular weight excluding hydrogens is 380 g/mol. The van der Waals surface area contributed by atoms with E-state index in [9.17, 15) is 18.0 Å². The van der Waals surface area contributed by atoms with Crippen LogP contribution in [0.5, 0.6) is 0 Å². The van der Waals surface area contributed by atoms with Crippen LogP contribution in [0.2, 0.25) is 0 Å². The van der Waals surface area contributed by atoms with Gasteiger partial charge >= 0.3 is 12.3 Å². The number of fused-ring (bicyclic) bond motifs is 1. The molecular formula is C13H12Cl3F3N2O2. The number of carbonyl (C=O) groups is 1. The molecule has 23 heavy (non-hydrogen) atoms. The lowest BCUT2D eigenvalue weighted by Crippen LogP contribution is -2.24. The molecule has 1 aromatic rings. The van der Waals surface area contributed by atoms with Gasteiger partial charge < -0.3 is 4.74 Å². The van der Waals surface area contributed by atoms with Crippen LogP contribution in [0.1, 0.15) is 28.9 Å². The highest BCUT2D eigenvalue weighted by Gasteiger charge is 2.39. The minimum absolute atomic E-state index is 0.199. The van der Waals surface area contributed by atoms with Crippen molar-refractivity contribution in [3.63, 3.8) is 0 Å². The van der Waals surface area contributed by atoms with Crippen molar-refractivity contribution >= 4 is 46.6 Å². The lowest BCUT2D eigenvalue weighted by atomic mass is 10.0. The minimum atomic E-state index is -4.66. The molecule has 0 spiro atoms. The van der Waals surface area contributed by atoms with Crippen LogP contribution in [-0.4, -0.2) is 21.5 Å². The van der Waals surface area contributed by atoms with Crippen molar-refractivity contribution in [2.45, 2.75) is 36.2 Å². The molecule has 10 heteroatoms. The second kappa shape index (κ2) is 6.53. The fraction of sp³-hybridized carbons (Fsp3) is 0.538. The maximum absolute atomic E-state index is 13.3. The minimum Gasteiger partial charge on any atom is -0.445 e. The number of aromatic nitrogens is 1. The van der Waals surface area contributed by atoms with Gasteiger partial charge in [-0.15, -0.1) is 0 Å². The highest BCUT2D eigenvalue weighted by molar-refractivity contribution is 6.67. The van der Waals surface area contributed by atoms with Crippen molar-refractivity contribution in [1.82, 2.24) is 4.98 Å². The van der Waals surface area contributed by atoms with E-state index in [0.29, 0.717) is 30.5 Å². The molecule has 128 valence electrons. The first kappa shape index (κ1) is 18.4. The van der Waals surface area contributed by atoms with E-state index in [4.69, 9.17) is 34.8 Å². The molecule has 2 rings (SSSR count). The summed E-state index contributed by atoms with van der Waals surface area (Å²) in [4.78, 5) is 15.8. The van der Waals surface area contributed by atoms with Crippen LogP contribution in [0.3, 0.4) is 0 Å². The first-order chi connectivity index (χ1) is 10.5. The summed E-state index contributed by atoms with van der Waals surface area (Å²) >= 11 is 16.3. The van der Waals surface area contributed by atoms with Gasteiger partial charge in [0.2, 0.25) is 3.79 Å². The second-order valence-corrected chi connectivity index (χ2v) is 7.56. The van der Waals surface area contributed by atoms with Gasteiger partial charge in [-0.25, -0.2) is 4.79 Å². The molecule has 1 amide bonds. The average Bonchev–Trinajstić information content (AvgIpc) is 2.81. The third kappa shape index (κ3) is 4.55. The molecule has 0 aliphatic heterocycles. The lowest BCUT2D eigenvalue weighted by Gasteiger charge is -2.20. The van der Waals surface area contributed by atoms with Gasteiger partial charge in [-0.1, -0.05) is 34.8 Å². The summed E-state index contributed by atoms with van der Waals surface area (Å²) in [6.45, 7) is 0.663. The molecule has 0 saturated heterocycles. The number of amides is 1. The highest BCUT2D eigenvalue weighted by atomic mass is 35.6. The summed E-state index contributed by atoms with van der Waals surface area (Å²) in [5.41, 5.74) is -0.591. The van der Waals surface area contributed by atoms with E-state index < -0.39 is 28.2 Å². The van der Waals surface area contributed by atoms with Gasteiger partial charge in [0.15, 0.2) is 0 Å². The zero-order chi connectivity index (χ0) is 17.4. The fourth-order valence-corrected chi connectivity index (χ4v) is 2.64. The van der Waals surface area contributed by atoms with Crippen LogP contribution in [0.15, 0.2) is 0 Å². The Hall–Kier alpha value is -0.920. The quantitative estimate of drug-likeness (QED) is 0.736. The first-order valence-electron chi connectivity index (χ1n) is 6.59. The van der Waals surface area contributed by atoms with E-state index in [2.05, 4.69) is 15.0 Å². The number of hydrogen-bond donors (Lipinski definition) is 1. The molecule has 1 aromatic heterocycles. The van der Waals surface area contributed by atoms with Crippen LogP contribution < -0.4 is 5.32 Å². The van der Waals surface area contributed by atoms with E-state index in [0.717, 1.165) is 0 Å². The van der Waals surface area contributed by atoms with E-state index >= 15 is 0 Å². The summed E-state index contributed by atoms with van der Waals surface area (Å²) in [5, 5.41) is 2.13. The summed E-state index contributed by atoms with van der Waals surface area (Å²) < 4.78 is 42.7. The number of hydrogen-bond acceptors (Lipinski definition) is 3. The zero-order valence-electron chi connectivity index (χ0n) is 11.9. The molecule has 1 N–H and O–H groups in total. The van der Waals surface area contributed by atoms with Crippen molar-refractivity contribution < 1.29 is 22.7 Å². The molecule has 1 heterocycles. The van der Waals surface area contributed by atoms with Gasteiger partial charge in [-0.2, -0.15) is 13.2 Å². The summed E-state index contributed by atoms with van der Waals surface area (Å²) in [5.74, 6) is 0. The number of aryl methyl sites for hydroxylation is 2. The zero-order valence-corrected chi connectivity index (χ0v) is 14.1. The van der Waals surface area contributed by atoms with Crippen molar-refractivity contribution in [3.8, 4) is 0 Å². The van der Waals surface area contributed by atoms with Crippen LogP contribution in [-0.2, 0) is 23.8 Å². The number of nitrogens with one attached hydrogen (secondary N) is 1. The van der Waals surface area contributed by atoms with Crippen molar-refractivity contribution in [2.24, 2.45) is 0 Å². The summed E-state index contributed by atoms with van der Waals surface area (Å²) in [6, 6.07) is 0. The molecule has 0 bridgehead atoms. The molecule has 0 saturated carbocycles. The number of ether oxygens (including phenoxy) is 1. The molecule has 4 nitrogen and oxygen atoms in total. The number of anilines is 1. The van der Waals surface area contributed by atoms with Crippen LogP contribution >= 0.6 is 34.8 Å². The third-order valence-electron chi connectivity index (χ3n) is 3.28. The number of pyridine rings is 1. The fourth-order valence-electron chi connectivity index (χ4n) is 2.48. The number of halogens is 6. The molecule has 1 aliphatic carbocycles. The van der Waals surface area contributed by atoms with Crippen molar-refractivity contribution in [3.05, 3.63) is 22.5 Å². The maximum atomic E-state index is 13.3. The third-order valence-corrected chi connectivity index (χ3v) is 3.61. The maximum Gasteiger partial charge on any atom is 0.420 e. The normalized spacial score (nSPS) is 14.6. The van der Waals surface area contributed by atoms with Crippen molar-refractivity contribution in [1.29, 1.82) is 0 Å². The number of alkyl halides is 6. The SMILES string of the molecule is Cc1nc2c(c(NC(=O)OCC(Cl)(Cl)Cl)c1C(F)(F)F)CCC2. The van der Waals surface area contributed by atoms with E-state index in [1.165, 1.54) is 6.92 Å². The number of rotatable bonds is 2. The molecule has 0 aromatic carbocycles. The Morgan fingerprint density at radius 3 is 2.52 bits per heavy atom. The highest BCUT2D eigenvalue weighted by Crippen LogP contribution is 2.41.